The lowest BCUT2D eigenvalue weighted by atomic mass is 9.90. The Kier molecular flexibility index (Phi) is 3.83. The predicted molar refractivity (Wildman–Crippen MR) is 73.5 cm³/mol. The molecule has 6 heteroatoms. The molecule has 0 aliphatic carbocycles. The van der Waals surface area contributed by atoms with Gasteiger partial charge < -0.3 is 10.0 Å². The molecule has 1 aromatic rings. The van der Waals surface area contributed by atoms with Gasteiger partial charge in [0.15, 0.2) is 0 Å². The summed E-state index contributed by atoms with van der Waals surface area (Å²) < 4.78 is 1.69. The molecule has 0 radical (unpaired) electrons. The standard InChI is InChI=1S/C14H21N3O3/c1-4-10-8-11(17(5-2)15-10)12(18)16-7-6-14(3,9-16)13(19)20/h8H,4-7,9H2,1-3H3,(H,19,20). The van der Waals surface area contributed by atoms with E-state index < -0.39 is 11.4 Å². The molecular formula is C14H21N3O3. The van der Waals surface area contributed by atoms with Crippen LogP contribution in [0.4, 0.5) is 0 Å². The van der Waals surface area contributed by atoms with E-state index in [1.165, 1.54) is 0 Å². The van der Waals surface area contributed by atoms with Crippen molar-refractivity contribution in [1.29, 1.82) is 0 Å². The number of hydrogen-bond acceptors (Lipinski definition) is 3. The first-order valence-corrected chi connectivity index (χ1v) is 7.00. The summed E-state index contributed by atoms with van der Waals surface area (Å²) in [4.78, 5) is 25.4. The maximum Gasteiger partial charge on any atom is 0.311 e. The largest absolute Gasteiger partial charge is 0.481 e. The average molecular weight is 279 g/mol. The lowest BCUT2D eigenvalue weighted by Gasteiger charge is -2.20. The highest BCUT2D eigenvalue weighted by atomic mass is 16.4. The monoisotopic (exact) mass is 279 g/mol. The van der Waals surface area contributed by atoms with Gasteiger partial charge in [0.1, 0.15) is 5.69 Å². The normalized spacial score (nSPS) is 22.2. The van der Waals surface area contributed by atoms with Crippen molar-refractivity contribution in [2.45, 2.75) is 40.2 Å². The number of carboxylic acids is 1. The van der Waals surface area contributed by atoms with E-state index in [4.69, 9.17) is 0 Å². The summed E-state index contributed by atoms with van der Waals surface area (Å²) in [6.07, 6.45) is 1.27. The van der Waals surface area contributed by atoms with Crippen molar-refractivity contribution in [2.24, 2.45) is 5.41 Å². The molecule has 1 aliphatic rings. The van der Waals surface area contributed by atoms with Gasteiger partial charge in [0.25, 0.3) is 5.91 Å². The molecule has 1 atom stereocenters. The Morgan fingerprint density at radius 3 is 2.65 bits per heavy atom. The fraction of sp³-hybridized carbons (Fsp3) is 0.643. The van der Waals surface area contributed by atoms with E-state index in [2.05, 4.69) is 5.10 Å². The number of nitrogens with zero attached hydrogens (tertiary/aromatic N) is 3. The molecule has 1 unspecified atom stereocenters. The van der Waals surface area contributed by atoms with Crippen LogP contribution in [0.25, 0.3) is 0 Å². The third kappa shape index (κ3) is 2.42. The zero-order valence-corrected chi connectivity index (χ0v) is 12.2. The molecule has 2 heterocycles. The Balaban J connectivity index is 2.21. The molecule has 1 saturated heterocycles. The van der Waals surface area contributed by atoms with Gasteiger partial charge in [-0.25, -0.2) is 0 Å². The molecular weight excluding hydrogens is 258 g/mol. The molecule has 2 rings (SSSR count). The van der Waals surface area contributed by atoms with E-state index >= 15 is 0 Å². The van der Waals surface area contributed by atoms with Crippen LogP contribution in [0, 0.1) is 5.41 Å². The van der Waals surface area contributed by atoms with E-state index in [-0.39, 0.29) is 12.5 Å². The maximum absolute atomic E-state index is 12.5. The van der Waals surface area contributed by atoms with Crippen LogP contribution < -0.4 is 0 Å². The van der Waals surface area contributed by atoms with Gasteiger partial charge in [0, 0.05) is 19.6 Å². The molecule has 0 spiro atoms. The van der Waals surface area contributed by atoms with E-state index in [1.807, 2.05) is 19.9 Å². The van der Waals surface area contributed by atoms with Crippen LogP contribution in [-0.2, 0) is 17.8 Å². The SMILES string of the molecule is CCc1cc(C(=O)N2CCC(C)(C(=O)O)C2)n(CC)n1. The third-order valence-electron chi connectivity index (χ3n) is 3.99. The zero-order chi connectivity index (χ0) is 14.9. The third-order valence-corrected chi connectivity index (χ3v) is 3.99. The van der Waals surface area contributed by atoms with Crippen molar-refractivity contribution >= 4 is 11.9 Å². The quantitative estimate of drug-likeness (QED) is 0.904. The van der Waals surface area contributed by atoms with Gasteiger partial charge in [0.05, 0.1) is 11.1 Å². The number of aliphatic carboxylic acids is 1. The number of hydrogen-bond donors (Lipinski definition) is 1. The van der Waals surface area contributed by atoms with Crippen molar-refractivity contribution in [3.63, 3.8) is 0 Å². The van der Waals surface area contributed by atoms with Crippen molar-refractivity contribution in [2.75, 3.05) is 13.1 Å². The summed E-state index contributed by atoms with van der Waals surface area (Å²) >= 11 is 0. The number of carboxylic acid groups (broad SMARTS) is 1. The second kappa shape index (κ2) is 5.26. The van der Waals surface area contributed by atoms with Gasteiger partial charge in [-0.15, -0.1) is 0 Å². The van der Waals surface area contributed by atoms with Gasteiger partial charge in [0.2, 0.25) is 0 Å². The second-order valence-corrected chi connectivity index (χ2v) is 5.53. The minimum Gasteiger partial charge on any atom is -0.481 e. The first kappa shape index (κ1) is 14.6. The number of aromatic nitrogens is 2. The highest BCUT2D eigenvalue weighted by Gasteiger charge is 2.42. The topological polar surface area (TPSA) is 75.4 Å². The molecule has 1 aromatic heterocycles. The lowest BCUT2D eigenvalue weighted by Crippen LogP contribution is -2.35. The Hall–Kier alpha value is -1.85. The van der Waals surface area contributed by atoms with Crippen LogP contribution in [0.5, 0.6) is 0 Å². The van der Waals surface area contributed by atoms with Crippen LogP contribution in [0.3, 0.4) is 0 Å². The molecule has 1 aliphatic heterocycles. The maximum atomic E-state index is 12.5. The summed E-state index contributed by atoms with van der Waals surface area (Å²) in [5, 5.41) is 13.6. The summed E-state index contributed by atoms with van der Waals surface area (Å²) in [5.41, 5.74) is 0.606. The number of carbonyl (C=O) groups is 2. The minimum absolute atomic E-state index is 0.121. The van der Waals surface area contributed by atoms with E-state index in [1.54, 1.807) is 16.5 Å². The molecule has 0 aromatic carbocycles. The molecule has 1 fully saturated rings. The first-order chi connectivity index (χ1) is 9.41. The molecule has 0 saturated carbocycles. The number of aryl methyl sites for hydroxylation is 2. The van der Waals surface area contributed by atoms with E-state index in [9.17, 15) is 14.7 Å². The number of likely N-dealkylation sites (tertiary alicyclic amines) is 1. The molecule has 0 bridgehead atoms. The van der Waals surface area contributed by atoms with Crippen LogP contribution >= 0.6 is 0 Å². The Bertz CT molecular complexity index is 538. The van der Waals surface area contributed by atoms with Gasteiger partial charge in [-0.3, -0.25) is 14.3 Å². The first-order valence-electron chi connectivity index (χ1n) is 7.00. The molecule has 110 valence electrons. The van der Waals surface area contributed by atoms with Crippen LogP contribution in [0.15, 0.2) is 6.07 Å². The van der Waals surface area contributed by atoms with Crippen LogP contribution in [-0.4, -0.2) is 44.8 Å². The van der Waals surface area contributed by atoms with Crippen molar-refractivity contribution < 1.29 is 14.7 Å². The summed E-state index contributed by atoms with van der Waals surface area (Å²) in [5.74, 6) is -0.963. The molecule has 20 heavy (non-hydrogen) atoms. The van der Waals surface area contributed by atoms with Gasteiger partial charge in [-0.1, -0.05) is 6.92 Å². The molecule has 1 N–H and O–H groups in total. The van der Waals surface area contributed by atoms with Crippen molar-refractivity contribution in [3.05, 3.63) is 17.5 Å². The summed E-state index contributed by atoms with van der Waals surface area (Å²) in [7, 11) is 0. The average Bonchev–Trinajstić information content (AvgIpc) is 3.02. The highest BCUT2D eigenvalue weighted by Crippen LogP contribution is 2.31. The van der Waals surface area contributed by atoms with E-state index in [0.29, 0.717) is 25.2 Å². The Labute approximate surface area is 118 Å². The lowest BCUT2D eigenvalue weighted by molar-refractivity contribution is -0.147. The van der Waals surface area contributed by atoms with Gasteiger partial charge >= 0.3 is 5.97 Å². The fourth-order valence-electron chi connectivity index (χ4n) is 2.53. The van der Waals surface area contributed by atoms with Crippen molar-refractivity contribution in [3.8, 4) is 0 Å². The predicted octanol–water partition coefficient (Wildman–Crippen LogP) is 1.40. The number of amides is 1. The second-order valence-electron chi connectivity index (χ2n) is 5.53. The summed E-state index contributed by atoms with van der Waals surface area (Å²) in [6, 6.07) is 1.81. The van der Waals surface area contributed by atoms with Gasteiger partial charge in [-0.2, -0.15) is 5.10 Å². The number of carbonyl (C=O) groups excluding carboxylic acids is 1. The Morgan fingerprint density at radius 2 is 2.15 bits per heavy atom. The van der Waals surface area contributed by atoms with Crippen LogP contribution in [0.1, 0.15) is 43.4 Å². The minimum atomic E-state index is -0.842. The van der Waals surface area contributed by atoms with Gasteiger partial charge in [-0.05, 0) is 32.8 Å². The Morgan fingerprint density at radius 1 is 1.45 bits per heavy atom. The van der Waals surface area contributed by atoms with E-state index in [0.717, 1.165) is 12.1 Å². The smallest absolute Gasteiger partial charge is 0.311 e. The summed E-state index contributed by atoms with van der Waals surface area (Å²) in [6.45, 7) is 7.00. The zero-order valence-electron chi connectivity index (χ0n) is 12.2. The fourth-order valence-corrected chi connectivity index (χ4v) is 2.53. The van der Waals surface area contributed by atoms with Crippen LogP contribution in [0.2, 0.25) is 0 Å². The number of rotatable bonds is 4. The molecule has 1 amide bonds. The van der Waals surface area contributed by atoms with Crippen molar-refractivity contribution in [1.82, 2.24) is 14.7 Å². The highest BCUT2D eigenvalue weighted by molar-refractivity contribution is 5.93. The molecule has 6 nitrogen and oxygen atoms in total.